The van der Waals surface area contributed by atoms with Gasteiger partial charge in [0.1, 0.15) is 16.6 Å². The van der Waals surface area contributed by atoms with Crippen molar-refractivity contribution >= 4 is 44.5 Å². The summed E-state index contributed by atoms with van der Waals surface area (Å²) in [6, 6.07) is 15.2. The maximum absolute atomic E-state index is 11.9. The first-order valence-corrected chi connectivity index (χ1v) is 8.23. The van der Waals surface area contributed by atoms with Crippen LogP contribution in [0.25, 0.3) is 10.9 Å². The molecule has 110 valence electrons. The average Bonchev–Trinajstić information content (AvgIpc) is 2.53. The fourth-order valence-corrected chi connectivity index (χ4v) is 3.52. The molecule has 1 aromatic heterocycles. The van der Waals surface area contributed by atoms with E-state index >= 15 is 0 Å². The lowest BCUT2D eigenvalue weighted by Crippen LogP contribution is -2.19. The number of carbonyl (C=O) groups is 1. The third-order valence-corrected chi connectivity index (χ3v) is 4.93. The number of fused-ring (bicyclic) bond motifs is 1. The molecule has 3 aromatic rings. The van der Waals surface area contributed by atoms with Gasteiger partial charge in [0.2, 0.25) is 5.91 Å². The number of aromatic nitrogens is 2. The first-order chi connectivity index (χ1) is 10.6. The minimum atomic E-state index is -0.488. The van der Waals surface area contributed by atoms with E-state index < -0.39 is 11.2 Å². The van der Waals surface area contributed by atoms with Crippen LogP contribution in [0.3, 0.4) is 0 Å². The van der Waals surface area contributed by atoms with Gasteiger partial charge < -0.3 is 5.73 Å². The summed E-state index contributed by atoms with van der Waals surface area (Å²) in [6.07, 6.45) is 1.50. The average molecular weight is 374 g/mol. The van der Waals surface area contributed by atoms with Crippen LogP contribution in [0.1, 0.15) is 10.8 Å². The molecule has 0 saturated heterocycles. The van der Waals surface area contributed by atoms with Crippen LogP contribution in [-0.2, 0) is 4.79 Å². The van der Waals surface area contributed by atoms with Crippen LogP contribution in [0.4, 0.5) is 0 Å². The van der Waals surface area contributed by atoms with Crippen LogP contribution in [-0.4, -0.2) is 15.9 Å². The Hall–Kier alpha value is -1.92. The van der Waals surface area contributed by atoms with Gasteiger partial charge in [-0.1, -0.05) is 58.0 Å². The minimum absolute atomic E-state index is 0.391. The van der Waals surface area contributed by atoms with Crippen LogP contribution in [0, 0.1) is 0 Å². The zero-order valence-electron chi connectivity index (χ0n) is 11.4. The summed E-state index contributed by atoms with van der Waals surface area (Å²) in [7, 11) is 0. The molecule has 6 heteroatoms. The van der Waals surface area contributed by atoms with Gasteiger partial charge in [-0.2, -0.15) is 0 Å². The molecule has 0 saturated carbocycles. The highest BCUT2D eigenvalue weighted by Gasteiger charge is 2.21. The van der Waals surface area contributed by atoms with Crippen LogP contribution in [0.2, 0.25) is 0 Å². The molecule has 0 fully saturated rings. The summed E-state index contributed by atoms with van der Waals surface area (Å²) >= 11 is 4.79. The second-order valence-electron chi connectivity index (χ2n) is 4.65. The summed E-state index contributed by atoms with van der Waals surface area (Å²) in [5.41, 5.74) is 7.27. The van der Waals surface area contributed by atoms with Crippen molar-refractivity contribution in [3.05, 3.63) is 64.9 Å². The molecule has 0 unspecified atom stereocenters. The number of carbonyl (C=O) groups excluding carboxylic acids is 1. The van der Waals surface area contributed by atoms with E-state index in [1.807, 2.05) is 48.5 Å². The van der Waals surface area contributed by atoms with Gasteiger partial charge in [0.15, 0.2) is 0 Å². The van der Waals surface area contributed by atoms with Crippen molar-refractivity contribution in [1.29, 1.82) is 0 Å². The maximum atomic E-state index is 11.9. The molecule has 3 rings (SSSR count). The van der Waals surface area contributed by atoms with Crippen molar-refractivity contribution in [2.24, 2.45) is 5.73 Å². The third-order valence-electron chi connectivity index (χ3n) is 3.15. The van der Waals surface area contributed by atoms with Crippen molar-refractivity contribution in [3.8, 4) is 0 Å². The molecule has 0 spiro atoms. The topological polar surface area (TPSA) is 68.9 Å². The van der Waals surface area contributed by atoms with Crippen molar-refractivity contribution in [2.45, 2.75) is 10.3 Å². The number of rotatable bonds is 4. The van der Waals surface area contributed by atoms with Crippen molar-refractivity contribution < 1.29 is 4.79 Å². The molecule has 2 N–H and O–H groups in total. The lowest BCUT2D eigenvalue weighted by Gasteiger charge is -2.14. The zero-order chi connectivity index (χ0) is 15.5. The summed E-state index contributed by atoms with van der Waals surface area (Å²) in [5, 5.41) is 1.14. The molecule has 22 heavy (non-hydrogen) atoms. The lowest BCUT2D eigenvalue weighted by molar-refractivity contribution is -0.117. The van der Waals surface area contributed by atoms with E-state index in [9.17, 15) is 4.79 Å². The second-order valence-corrected chi connectivity index (χ2v) is 6.66. The molecule has 1 atom stereocenters. The van der Waals surface area contributed by atoms with Crippen molar-refractivity contribution in [1.82, 2.24) is 9.97 Å². The van der Waals surface area contributed by atoms with E-state index in [2.05, 4.69) is 25.9 Å². The highest BCUT2D eigenvalue weighted by Crippen LogP contribution is 2.37. The highest BCUT2D eigenvalue weighted by molar-refractivity contribution is 9.10. The second kappa shape index (κ2) is 6.46. The maximum Gasteiger partial charge on any atom is 0.235 e. The summed E-state index contributed by atoms with van der Waals surface area (Å²) < 4.78 is 0.937. The Kier molecular flexibility index (Phi) is 4.40. The van der Waals surface area contributed by atoms with Gasteiger partial charge in [-0.05, 0) is 23.8 Å². The largest absolute Gasteiger partial charge is 0.368 e. The number of benzene rings is 2. The molecule has 0 bridgehead atoms. The van der Waals surface area contributed by atoms with Crippen molar-refractivity contribution in [3.63, 3.8) is 0 Å². The quantitative estimate of drug-likeness (QED) is 0.558. The van der Waals surface area contributed by atoms with Crippen LogP contribution < -0.4 is 5.73 Å². The smallest absolute Gasteiger partial charge is 0.235 e. The normalized spacial score (nSPS) is 12.2. The standard InChI is InChI=1S/C16H12BrN3OS/c17-11-6-7-13-12(8-11)16(20-9-19-13)22-14(15(18)21)10-4-2-1-3-5-10/h1-9,14H,(H2,18,21)/t14-/m0/s1. The van der Waals surface area contributed by atoms with Gasteiger partial charge in [-0.15, -0.1) is 0 Å². The Morgan fingerprint density at radius 1 is 1.14 bits per heavy atom. The molecule has 0 aliphatic rings. The fourth-order valence-electron chi connectivity index (χ4n) is 2.13. The summed E-state index contributed by atoms with van der Waals surface area (Å²) in [4.78, 5) is 20.4. The predicted molar refractivity (Wildman–Crippen MR) is 91.5 cm³/mol. The first-order valence-electron chi connectivity index (χ1n) is 6.56. The molecule has 0 aliphatic carbocycles. The molecule has 0 radical (unpaired) electrons. The number of hydrogen-bond donors (Lipinski definition) is 1. The van der Waals surface area contributed by atoms with E-state index in [1.165, 1.54) is 18.1 Å². The molecule has 2 aromatic carbocycles. The number of halogens is 1. The van der Waals surface area contributed by atoms with E-state index in [-0.39, 0.29) is 0 Å². The molecule has 1 heterocycles. The summed E-state index contributed by atoms with van der Waals surface area (Å²) in [5.74, 6) is -0.391. The third kappa shape index (κ3) is 3.13. The minimum Gasteiger partial charge on any atom is -0.368 e. The predicted octanol–water partition coefficient (Wildman–Crippen LogP) is 3.71. The van der Waals surface area contributed by atoms with Gasteiger partial charge >= 0.3 is 0 Å². The SMILES string of the molecule is NC(=O)[C@@H](Sc1ncnc2ccc(Br)cc12)c1ccccc1. The number of primary amides is 1. The molecule has 4 nitrogen and oxygen atoms in total. The monoisotopic (exact) mass is 373 g/mol. The van der Waals surface area contributed by atoms with Crippen LogP contribution in [0.15, 0.2) is 64.4 Å². The number of nitrogens with two attached hydrogens (primary N) is 1. The zero-order valence-corrected chi connectivity index (χ0v) is 13.8. The Labute approximate surface area is 140 Å². The van der Waals surface area contributed by atoms with E-state index in [4.69, 9.17) is 5.73 Å². The molecular formula is C16H12BrN3OS. The number of amides is 1. The Morgan fingerprint density at radius 3 is 2.64 bits per heavy atom. The Morgan fingerprint density at radius 2 is 1.91 bits per heavy atom. The molecular weight excluding hydrogens is 362 g/mol. The Balaban J connectivity index is 2.04. The lowest BCUT2D eigenvalue weighted by atomic mass is 10.1. The van der Waals surface area contributed by atoms with E-state index in [1.54, 1.807) is 0 Å². The van der Waals surface area contributed by atoms with Gasteiger partial charge in [-0.3, -0.25) is 4.79 Å². The van der Waals surface area contributed by atoms with E-state index in [0.717, 1.165) is 26.0 Å². The van der Waals surface area contributed by atoms with Crippen molar-refractivity contribution in [2.75, 3.05) is 0 Å². The molecule has 0 aliphatic heterocycles. The summed E-state index contributed by atoms with van der Waals surface area (Å²) in [6.45, 7) is 0. The van der Waals surface area contributed by atoms with Crippen LogP contribution in [0.5, 0.6) is 0 Å². The number of nitrogens with zero attached hydrogens (tertiary/aromatic N) is 2. The molecule has 1 amide bonds. The van der Waals surface area contributed by atoms with E-state index in [0.29, 0.717) is 0 Å². The number of thioether (sulfide) groups is 1. The van der Waals surface area contributed by atoms with Crippen LogP contribution >= 0.6 is 27.7 Å². The Bertz CT molecular complexity index is 826. The van der Waals surface area contributed by atoms with Gasteiger partial charge in [0.05, 0.1) is 5.52 Å². The van der Waals surface area contributed by atoms with Gasteiger partial charge in [0.25, 0.3) is 0 Å². The fraction of sp³-hybridized carbons (Fsp3) is 0.0625. The van der Waals surface area contributed by atoms with Gasteiger partial charge in [0, 0.05) is 9.86 Å². The highest BCUT2D eigenvalue weighted by atomic mass is 79.9. The number of hydrogen-bond acceptors (Lipinski definition) is 4. The van der Waals surface area contributed by atoms with Gasteiger partial charge in [-0.25, -0.2) is 9.97 Å². The first kappa shape index (κ1) is 15.0.